The minimum Gasteiger partial charge on any atom is -0.474 e. The average Bonchev–Trinajstić information content (AvgIpc) is 3.00. The van der Waals surface area contributed by atoms with E-state index in [9.17, 15) is 17.6 Å². The lowest BCUT2D eigenvalue weighted by molar-refractivity contribution is -0.137. The van der Waals surface area contributed by atoms with Crippen LogP contribution in [0.25, 0.3) is 22.2 Å². The third-order valence-electron chi connectivity index (χ3n) is 6.27. The number of aliphatic imine (C=N–C) groups is 1. The van der Waals surface area contributed by atoms with E-state index in [4.69, 9.17) is 15.2 Å². The molecule has 14 heteroatoms. The molecule has 4 rings (SSSR count). The molecule has 9 nitrogen and oxygen atoms in total. The number of nitrogens with zero attached hydrogens (tertiary/aromatic N) is 4. The Morgan fingerprint density at radius 1 is 1.16 bits per heavy atom. The summed E-state index contributed by atoms with van der Waals surface area (Å²) in [7, 11) is 0. The maximum Gasteiger partial charge on any atom is 0.417 e. The van der Waals surface area contributed by atoms with Gasteiger partial charge in [-0.1, -0.05) is 27.0 Å². The monoisotopic (exact) mass is 607 g/mol. The topological polar surface area (TPSA) is 120 Å². The van der Waals surface area contributed by atoms with E-state index in [2.05, 4.69) is 43.7 Å². The smallest absolute Gasteiger partial charge is 0.417 e. The van der Waals surface area contributed by atoms with Crippen LogP contribution in [-0.2, 0) is 6.18 Å². The Bertz CT molecular complexity index is 1530. The SMILES string of the molecule is C=CN=C(C=C)COc1nc2c3c(nc(-c4cc(N)c(F)c(C)c4C(F)(F)F)c(F)c3n1)OC(C)CCNCCN2.CC. The van der Waals surface area contributed by atoms with Crippen LogP contribution in [0.1, 0.15) is 38.3 Å². The normalized spacial score (nSPS) is 15.7. The molecular formula is C29H34F5N7O2. The maximum absolute atomic E-state index is 16.3. The van der Waals surface area contributed by atoms with E-state index in [1.807, 2.05) is 13.8 Å². The van der Waals surface area contributed by atoms with Crippen LogP contribution in [-0.4, -0.2) is 53.0 Å². The molecule has 1 unspecified atom stereocenters. The Morgan fingerprint density at radius 3 is 2.53 bits per heavy atom. The molecule has 0 saturated heterocycles. The van der Waals surface area contributed by atoms with Crippen molar-refractivity contribution in [1.29, 1.82) is 0 Å². The van der Waals surface area contributed by atoms with Crippen molar-refractivity contribution < 1.29 is 31.4 Å². The third kappa shape index (κ3) is 7.37. The molecular weight excluding hydrogens is 573 g/mol. The quantitative estimate of drug-likeness (QED) is 0.172. The largest absolute Gasteiger partial charge is 0.474 e. The Hall–Kier alpha value is -4.33. The number of nitrogen functional groups attached to an aromatic ring is 1. The lowest BCUT2D eigenvalue weighted by Crippen LogP contribution is -2.26. The van der Waals surface area contributed by atoms with Gasteiger partial charge in [0, 0.05) is 24.9 Å². The molecule has 2 aromatic heterocycles. The van der Waals surface area contributed by atoms with Gasteiger partial charge in [-0.05, 0) is 44.5 Å². The molecule has 1 aliphatic heterocycles. The van der Waals surface area contributed by atoms with Crippen molar-refractivity contribution in [3.8, 4) is 23.1 Å². The number of benzene rings is 1. The zero-order valence-corrected chi connectivity index (χ0v) is 24.3. The zero-order valence-electron chi connectivity index (χ0n) is 24.3. The highest BCUT2D eigenvalue weighted by Crippen LogP contribution is 2.44. The molecule has 0 amide bonds. The standard InChI is InChI=1S/C27H28F5N7O2.C2H6/c1-5-15(35-6-2)12-40-26-38-23-18-24(39-26)36-10-9-34-8-7-13(3)41-25(18)37-22(21(23)29)16-11-17(33)20(28)14(4)19(16)27(30,31)32;1-2/h5-6,11,13,34H,1-2,7-10,12,33H2,3-4H3,(H,36,38,39);1-2H3. The van der Waals surface area contributed by atoms with Crippen LogP contribution < -0.4 is 25.8 Å². The first-order valence-electron chi connectivity index (χ1n) is 13.6. The van der Waals surface area contributed by atoms with Gasteiger partial charge in [-0.25, -0.2) is 13.8 Å². The summed E-state index contributed by atoms with van der Waals surface area (Å²) >= 11 is 0. The summed E-state index contributed by atoms with van der Waals surface area (Å²) in [5.74, 6) is -2.63. The van der Waals surface area contributed by atoms with Gasteiger partial charge in [0.1, 0.15) is 34.8 Å². The molecule has 232 valence electrons. The van der Waals surface area contributed by atoms with Gasteiger partial charge in [-0.3, -0.25) is 4.99 Å². The van der Waals surface area contributed by atoms with Crippen molar-refractivity contribution in [3.63, 3.8) is 0 Å². The van der Waals surface area contributed by atoms with E-state index in [1.165, 1.54) is 12.3 Å². The number of nitrogens with one attached hydrogen (secondary N) is 2. The van der Waals surface area contributed by atoms with Crippen LogP contribution in [0.4, 0.5) is 33.5 Å². The molecule has 0 spiro atoms. The lowest BCUT2D eigenvalue weighted by Gasteiger charge is -2.21. The van der Waals surface area contributed by atoms with Crippen LogP contribution in [0.5, 0.6) is 11.9 Å². The first-order chi connectivity index (χ1) is 20.5. The van der Waals surface area contributed by atoms with Crippen molar-refractivity contribution in [3.05, 3.63) is 54.3 Å². The Balaban J connectivity index is 0.00000248. The predicted octanol–water partition coefficient (Wildman–Crippen LogP) is 6.23. The summed E-state index contributed by atoms with van der Waals surface area (Å²) in [4.78, 5) is 16.7. The predicted molar refractivity (Wildman–Crippen MR) is 158 cm³/mol. The van der Waals surface area contributed by atoms with Gasteiger partial charge in [-0.2, -0.15) is 23.1 Å². The molecule has 1 atom stereocenters. The number of pyridine rings is 1. The van der Waals surface area contributed by atoms with Gasteiger partial charge >= 0.3 is 12.2 Å². The van der Waals surface area contributed by atoms with Crippen LogP contribution >= 0.6 is 0 Å². The number of nitrogens with two attached hydrogens (primary N) is 1. The highest BCUT2D eigenvalue weighted by atomic mass is 19.4. The van der Waals surface area contributed by atoms with Gasteiger partial charge in [0.2, 0.25) is 5.88 Å². The molecule has 0 bridgehead atoms. The summed E-state index contributed by atoms with van der Waals surface area (Å²) < 4.78 is 85.0. The van der Waals surface area contributed by atoms with E-state index >= 15 is 4.39 Å². The number of ether oxygens (including phenoxy) is 2. The fourth-order valence-electron chi connectivity index (χ4n) is 4.30. The molecule has 0 saturated carbocycles. The first kappa shape index (κ1) is 33.2. The summed E-state index contributed by atoms with van der Waals surface area (Å²) in [6.45, 7) is 15.1. The second-order valence-electron chi connectivity index (χ2n) is 9.17. The Kier molecular flexibility index (Phi) is 11.0. The summed E-state index contributed by atoms with van der Waals surface area (Å²) in [6.07, 6.45) is -2.34. The van der Waals surface area contributed by atoms with Crippen LogP contribution in [0.2, 0.25) is 0 Å². The number of aromatic nitrogens is 3. The molecule has 3 heterocycles. The summed E-state index contributed by atoms with van der Waals surface area (Å²) in [6, 6.07) is 0.399. The second-order valence-corrected chi connectivity index (χ2v) is 9.17. The Labute approximate surface area is 246 Å². The molecule has 4 N–H and O–H groups in total. The van der Waals surface area contributed by atoms with E-state index in [0.29, 0.717) is 37.8 Å². The molecule has 43 heavy (non-hydrogen) atoms. The molecule has 1 aliphatic rings. The summed E-state index contributed by atoms with van der Waals surface area (Å²) in [5.41, 5.74) is 1.27. The first-order valence-corrected chi connectivity index (χ1v) is 13.6. The molecule has 1 aromatic carbocycles. The van der Waals surface area contributed by atoms with E-state index in [1.54, 1.807) is 6.92 Å². The third-order valence-corrected chi connectivity index (χ3v) is 6.27. The van der Waals surface area contributed by atoms with Gasteiger partial charge in [0.25, 0.3) is 0 Å². The van der Waals surface area contributed by atoms with Crippen LogP contribution in [0.3, 0.4) is 0 Å². The minimum atomic E-state index is -5.06. The zero-order chi connectivity index (χ0) is 31.9. The fraction of sp³-hybridized carbons (Fsp3) is 0.379. The Morgan fingerprint density at radius 2 is 1.88 bits per heavy atom. The lowest BCUT2D eigenvalue weighted by atomic mass is 9.96. The number of alkyl halides is 3. The number of halogens is 5. The molecule has 3 aromatic rings. The molecule has 0 radical (unpaired) electrons. The van der Waals surface area contributed by atoms with Crippen LogP contribution in [0, 0.1) is 18.6 Å². The maximum atomic E-state index is 16.3. The molecule has 0 aliphatic carbocycles. The highest BCUT2D eigenvalue weighted by Gasteiger charge is 2.39. The van der Waals surface area contributed by atoms with E-state index in [-0.39, 0.29) is 29.7 Å². The van der Waals surface area contributed by atoms with Crippen molar-refractivity contribution in [1.82, 2.24) is 20.3 Å². The minimum absolute atomic E-state index is 0.00332. The van der Waals surface area contributed by atoms with E-state index in [0.717, 1.165) is 6.92 Å². The van der Waals surface area contributed by atoms with Crippen molar-refractivity contribution in [2.75, 3.05) is 37.3 Å². The van der Waals surface area contributed by atoms with Gasteiger partial charge in [0.05, 0.1) is 23.1 Å². The fourth-order valence-corrected chi connectivity index (χ4v) is 4.30. The highest BCUT2D eigenvalue weighted by molar-refractivity contribution is 5.97. The number of rotatable bonds is 6. The van der Waals surface area contributed by atoms with E-state index < -0.39 is 57.5 Å². The average molecular weight is 608 g/mol. The van der Waals surface area contributed by atoms with Gasteiger partial charge in [-0.15, -0.1) is 0 Å². The molecule has 0 fully saturated rings. The van der Waals surface area contributed by atoms with Crippen molar-refractivity contribution >= 4 is 28.1 Å². The number of hydrogen-bond donors (Lipinski definition) is 3. The number of hydrogen-bond acceptors (Lipinski definition) is 9. The summed E-state index contributed by atoms with van der Waals surface area (Å²) in [5, 5.41) is 6.27. The van der Waals surface area contributed by atoms with Gasteiger partial charge in [0.15, 0.2) is 5.82 Å². The van der Waals surface area contributed by atoms with Crippen molar-refractivity contribution in [2.45, 2.75) is 46.4 Å². The van der Waals surface area contributed by atoms with Crippen LogP contribution in [0.15, 0.2) is 36.5 Å². The number of anilines is 2. The van der Waals surface area contributed by atoms with Crippen molar-refractivity contribution in [2.24, 2.45) is 4.99 Å². The second kappa shape index (κ2) is 14.2. The van der Waals surface area contributed by atoms with Gasteiger partial charge < -0.3 is 25.8 Å².